The number of benzene rings is 2. The molecule has 7 heteroatoms. The maximum atomic E-state index is 12.6. The summed E-state index contributed by atoms with van der Waals surface area (Å²) in [5, 5.41) is 3.66. The zero-order valence-electron chi connectivity index (χ0n) is 17.5. The number of amides is 1. The van der Waals surface area contributed by atoms with E-state index in [-0.39, 0.29) is 11.9 Å². The molecule has 0 spiro atoms. The molecule has 1 atom stereocenters. The largest absolute Gasteiger partial charge is 0.497 e. The quantitative estimate of drug-likeness (QED) is 0.596. The Hall–Kier alpha value is -2.96. The second-order valence-electron chi connectivity index (χ2n) is 7.47. The molecule has 2 aromatic carbocycles. The Morgan fingerprint density at radius 1 is 1.06 bits per heavy atom. The summed E-state index contributed by atoms with van der Waals surface area (Å²) in [6.07, 6.45) is 1.68. The lowest BCUT2D eigenvalue weighted by Gasteiger charge is -2.39. The zero-order valence-corrected chi connectivity index (χ0v) is 18.2. The predicted octanol–water partition coefficient (Wildman–Crippen LogP) is 4.23. The van der Waals surface area contributed by atoms with Gasteiger partial charge in [-0.25, -0.2) is 0 Å². The second kappa shape index (κ2) is 9.90. The van der Waals surface area contributed by atoms with Crippen LogP contribution in [0.1, 0.15) is 22.2 Å². The Morgan fingerprint density at radius 2 is 1.77 bits per heavy atom. The summed E-state index contributed by atoms with van der Waals surface area (Å²) in [5.41, 5.74) is 1.78. The number of nitrogens with zero attached hydrogens (tertiary/aromatic N) is 2. The third-order valence-corrected chi connectivity index (χ3v) is 5.88. The van der Waals surface area contributed by atoms with E-state index in [9.17, 15) is 4.79 Å². The summed E-state index contributed by atoms with van der Waals surface area (Å²) < 4.78 is 11.0. The van der Waals surface area contributed by atoms with Crippen molar-refractivity contribution in [2.75, 3.05) is 44.7 Å². The van der Waals surface area contributed by atoms with Gasteiger partial charge in [0, 0.05) is 49.0 Å². The van der Waals surface area contributed by atoms with Crippen molar-refractivity contribution in [3.05, 3.63) is 83.3 Å². The van der Waals surface area contributed by atoms with Crippen molar-refractivity contribution in [2.45, 2.75) is 6.04 Å². The summed E-state index contributed by atoms with van der Waals surface area (Å²) in [6.45, 7) is 4.00. The molecular formula is C24H26ClN3O3. The first-order valence-corrected chi connectivity index (χ1v) is 10.7. The Bertz CT molecular complexity index is 966. The maximum Gasteiger partial charge on any atom is 0.251 e. The first-order chi connectivity index (χ1) is 15.1. The Morgan fingerprint density at radius 3 is 2.39 bits per heavy atom. The summed E-state index contributed by atoms with van der Waals surface area (Å²) in [6, 6.07) is 18.9. The van der Waals surface area contributed by atoms with Gasteiger partial charge in [-0.05, 0) is 60.7 Å². The van der Waals surface area contributed by atoms with Gasteiger partial charge in [-0.15, -0.1) is 0 Å². The van der Waals surface area contributed by atoms with Crippen LogP contribution in [0.15, 0.2) is 71.3 Å². The lowest BCUT2D eigenvalue weighted by molar-refractivity contribution is 0.0923. The van der Waals surface area contributed by atoms with E-state index in [1.54, 1.807) is 37.6 Å². The molecule has 1 N–H and O–H groups in total. The highest BCUT2D eigenvalue weighted by Gasteiger charge is 2.27. The number of ether oxygens (including phenoxy) is 1. The van der Waals surface area contributed by atoms with E-state index in [1.807, 2.05) is 24.3 Å². The number of carbonyl (C=O) groups excluding carboxylic acids is 1. The van der Waals surface area contributed by atoms with Crippen molar-refractivity contribution >= 4 is 23.2 Å². The topological polar surface area (TPSA) is 58.0 Å². The highest BCUT2D eigenvalue weighted by atomic mass is 35.5. The average Bonchev–Trinajstić information content (AvgIpc) is 3.35. The molecule has 1 amide bonds. The third-order valence-electron chi connectivity index (χ3n) is 5.63. The maximum absolute atomic E-state index is 12.6. The number of hydrogen-bond acceptors (Lipinski definition) is 5. The van der Waals surface area contributed by atoms with Crippen molar-refractivity contribution in [1.29, 1.82) is 0 Å². The molecule has 1 aromatic heterocycles. The third kappa shape index (κ3) is 5.21. The monoisotopic (exact) mass is 439 g/mol. The Labute approximate surface area is 187 Å². The number of halogens is 1. The van der Waals surface area contributed by atoms with Crippen LogP contribution in [0.4, 0.5) is 5.69 Å². The van der Waals surface area contributed by atoms with Crippen LogP contribution in [0.25, 0.3) is 0 Å². The van der Waals surface area contributed by atoms with Crippen molar-refractivity contribution < 1.29 is 13.9 Å². The fourth-order valence-electron chi connectivity index (χ4n) is 3.87. The van der Waals surface area contributed by atoms with Crippen molar-refractivity contribution in [3.63, 3.8) is 0 Å². The van der Waals surface area contributed by atoms with Gasteiger partial charge in [0.1, 0.15) is 11.5 Å². The Kier molecular flexibility index (Phi) is 6.79. The molecule has 3 aromatic rings. The van der Waals surface area contributed by atoms with Gasteiger partial charge in [-0.1, -0.05) is 11.6 Å². The summed E-state index contributed by atoms with van der Waals surface area (Å²) in [5.74, 6) is 1.59. The molecule has 0 radical (unpaired) electrons. The molecule has 0 unspecified atom stereocenters. The van der Waals surface area contributed by atoms with E-state index in [4.69, 9.17) is 20.8 Å². The highest BCUT2D eigenvalue weighted by Crippen LogP contribution is 2.25. The molecule has 0 bridgehead atoms. The Balaban J connectivity index is 1.39. The minimum atomic E-state index is -0.120. The molecule has 4 rings (SSSR count). The van der Waals surface area contributed by atoms with Crippen LogP contribution in [0, 0.1) is 0 Å². The number of piperazine rings is 1. The van der Waals surface area contributed by atoms with Crippen LogP contribution in [-0.4, -0.2) is 50.6 Å². The number of carbonyl (C=O) groups is 1. The number of nitrogens with one attached hydrogen (secondary N) is 1. The van der Waals surface area contributed by atoms with Crippen LogP contribution >= 0.6 is 11.6 Å². The first kappa shape index (κ1) is 21.3. The molecule has 1 aliphatic heterocycles. The van der Waals surface area contributed by atoms with E-state index >= 15 is 0 Å². The fourth-order valence-corrected chi connectivity index (χ4v) is 3.99. The fraction of sp³-hybridized carbons (Fsp3) is 0.292. The number of methoxy groups -OCH3 is 1. The molecule has 0 aliphatic carbocycles. The van der Waals surface area contributed by atoms with Gasteiger partial charge >= 0.3 is 0 Å². The standard InChI is InChI=1S/C24H26ClN3O3/c1-30-21-10-8-20(9-11-21)27-12-14-28(15-13-27)22(23-3-2-16-31-23)17-26-24(29)18-4-6-19(25)7-5-18/h2-11,16,22H,12-15,17H2,1H3,(H,26,29)/t22-/m1/s1. The van der Waals surface area contributed by atoms with Crippen LogP contribution in [0.2, 0.25) is 5.02 Å². The van der Waals surface area contributed by atoms with Crippen LogP contribution in [0.5, 0.6) is 5.75 Å². The van der Waals surface area contributed by atoms with E-state index in [0.717, 1.165) is 37.7 Å². The molecule has 2 heterocycles. The van der Waals surface area contributed by atoms with E-state index in [1.165, 1.54) is 5.69 Å². The van der Waals surface area contributed by atoms with Crippen molar-refractivity contribution in [1.82, 2.24) is 10.2 Å². The van der Waals surface area contributed by atoms with Gasteiger partial charge in [0.05, 0.1) is 19.4 Å². The second-order valence-corrected chi connectivity index (χ2v) is 7.91. The van der Waals surface area contributed by atoms with Gasteiger partial charge in [0.15, 0.2) is 0 Å². The minimum absolute atomic E-state index is 0.0238. The summed E-state index contributed by atoms with van der Waals surface area (Å²) >= 11 is 5.92. The SMILES string of the molecule is COc1ccc(N2CCN([C@H](CNC(=O)c3ccc(Cl)cc3)c3ccco3)CC2)cc1. The molecule has 1 saturated heterocycles. The van der Waals surface area contributed by atoms with Gasteiger partial charge in [0.2, 0.25) is 0 Å². The van der Waals surface area contributed by atoms with Crippen LogP contribution in [-0.2, 0) is 0 Å². The number of furan rings is 1. The average molecular weight is 440 g/mol. The first-order valence-electron chi connectivity index (χ1n) is 10.3. The van der Waals surface area contributed by atoms with Crippen molar-refractivity contribution in [3.8, 4) is 5.75 Å². The zero-order chi connectivity index (χ0) is 21.6. The number of hydrogen-bond donors (Lipinski definition) is 1. The van der Waals surface area contributed by atoms with E-state index in [0.29, 0.717) is 17.1 Å². The van der Waals surface area contributed by atoms with Crippen molar-refractivity contribution in [2.24, 2.45) is 0 Å². The molecule has 162 valence electrons. The van der Waals surface area contributed by atoms with Crippen LogP contribution < -0.4 is 15.0 Å². The number of rotatable bonds is 7. The molecule has 0 saturated carbocycles. The van der Waals surface area contributed by atoms with Gasteiger partial charge in [0.25, 0.3) is 5.91 Å². The lowest BCUT2D eigenvalue weighted by atomic mass is 10.1. The normalized spacial score (nSPS) is 15.5. The summed E-state index contributed by atoms with van der Waals surface area (Å²) in [4.78, 5) is 17.3. The lowest BCUT2D eigenvalue weighted by Crippen LogP contribution is -2.49. The van der Waals surface area contributed by atoms with Gasteiger partial charge in [-0.3, -0.25) is 9.69 Å². The van der Waals surface area contributed by atoms with Crippen LogP contribution in [0.3, 0.4) is 0 Å². The molecule has 31 heavy (non-hydrogen) atoms. The van der Waals surface area contributed by atoms with Gasteiger partial charge < -0.3 is 19.4 Å². The molecule has 1 fully saturated rings. The highest BCUT2D eigenvalue weighted by molar-refractivity contribution is 6.30. The minimum Gasteiger partial charge on any atom is -0.497 e. The van der Waals surface area contributed by atoms with Gasteiger partial charge in [-0.2, -0.15) is 0 Å². The predicted molar refractivity (Wildman–Crippen MR) is 122 cm³/mol. The molecule has 6 nitrogen and oxygen atoms in total. The number of anilines is 1. The smallest absolute Gasteiger partial charge is 0.251 e. The molecule has 1 aliphatic rings. The van der Waals surface area contributed by atoms with E-state index in [2.05, 4.69) is 27.2 Å². The molecular weight excluding hydrogens is 414 g/mol. The summed E-state index contributed by atoms with van der Waals surface area (Å²) in [7, 11) is 1.67. The van der Waals surface area contributed by atoms with E-state index < -0.39 is 0 Å².